The number of likely N-dealkylation sites (tertiary alicyclic amines) is 1. The molecule has 8 heteroatoms. The minimum absolute atomic E-state index is 0.0126. The van der Waals surface area contributed by atoms with Crippen molar-refractivity contribution >= 4 is 29.4 Å². The van der Waals surface area contributed by atoms with Gasteiger partial charge in [-0.1, -0.05) is 18.2 Å². The topological polar surface area (TPSA) is 96.0 Å². The number of esters is 1. The zero-order chi connectivity index (χ0) is 23.4. The van der Waals surface area contributed by atoms with E-state index in [4.69, 9.17) is 4.74 Å². The molecular weight excluding hydrogens is 422 g/mol. The van der Waals surface area contributed by atoms with Gasteiger partial charge in [-0.25, -0.2) is 9.69 Å². The largest absolute Gasteiger partial charge is 0.462 e. The van der Waals surface area contributed by atoms with Crippen LogP contribution < -0.4 is 10.2 Å². The molecule has 8 nitrogen and oxygen atoms in total. The van der Waals surface area contributed by atoms with Crippen LogP contribution in [0.2, 0.25) is 0 Å². The smallest absolute Gasteiger partial charge is 0.338 e. The Morgan fingerprint density at radius 1 is 0.970 bits per heavy atom. The third kappa shape index (κ3) is 4.96. The van der Waals surface area contributed by atoms with Crippen LogP contribution in [0.15, 0.2) is 54.6 Å². The second kappa shape index (κ2) is 9.95. The predicted octanol–water partition coefficient (Wildman–Crippen LogP) is 2.39. The van der Waals surface area contributed by atoms with Gasteiger partial charge in [0.2, 0.25) is 5.91 Å². The lowest BCUT2D eigenvalue weighted by atomic mass is 10.0. The Kier molecular flexibility index (Phi) is 6.84. The lowest BCUT2D eigenvalue weighted by molar-refractivity contribution is -0.121. The van der Waals surface area contributed by atoms with Crippen LogP contribution in [0.5, 0.6) is 0 Å². The molecule has 0 unspecified atom stereocenters. The van der Waals surface area contributed by atoms with Crippen molar-refractivity contribution in [2.45, 2.75) is 38.3 Å². The van der Waals surface area contributed by atoms with E-state index >= 15 is 0 Å². The van der Waals surface area contributed by atoms with Crippen molar-refractivity contribution in [2.75, 3.05) is 24.6 Å². The van der Waals surface area contributed by atoms with Gasteiger partial charge < -0.3 is 15.0 Å². The number of rotatable bonds is 6. The summed E-state index contributed by atoms with van der Waals surface area (Å²) in [4.78, 5) is 53.0. The molecule has 0 spiro atoms. The highest BCUT2D eigenvalue weighted by molar-refractivity contribution is 6.22. The molecule has 0 bridgehead atoms. The minimum atomic E-state index is -0.594. The van der Waals surface area contributed by atoms with Gasteiger partial charge in [0, 0.05) is 24.7 Å². The van der Waals surface area contributed by atoms with Gasteiger partial charge in [0.1, 0.15) is 0 Å². The Morgan fingerprint density at radius 2 is 1.64 bits per heavy atom. The number of hydrogen-bond acceptors (Lipinski definition) is 6. The molecule has 2 aliphatic heterocycles. The summed E-state index contributed by atoms with van der Waals surface area (Å²) in [5.74, 6) is -1.01. The summed E-state index contributed by atoms with van der Waals surface area (Å²) in [6.07, 6.45) is 1.51. The van der Waals surface area contributed by atoms with E-state index in [2.05, 4.69) is 5.32 Å². The fourth-order valence-corrected chi connectivity index (χ4v) is 4.29. The summed E-state index contributed by atoms with van der Waals surface area (Å²) in [5, 5.41) is 3.32. The number of nitrogens with one attached hydrogen (secondary N) is 1. The molecule has 2 fully saturated rings. The van der Waals surface area contributed by atoms with E-state index in [0.29, 0.717) is 42.7 Å². The van der Waals surface area contributed by atoms with E-state index in [1.54, 1.807) is 31.2 Å². The number of carbonyl (C=O) groups is 4. The quantitative estimate of drug-likeness (QED) is 0.537. The van der Waals surface area contributed by atoms with E-state index in [1.807, 2.05) is 35.2 Å². The Hall–Kier alpha value is -3.52. The molecule has 2 aliphatic rings. The fraction of sp³-hybridized carbons (Fsp3) is 0.360. The molecule has 1 N–H and O–H groups in total. The van der Waals surface area contributed by atoms with E-state index < -0.39 is 12.0 Å². The maximum absolute atomic E-state index is 13.0. The number of imide groups is 1. The maximum Gasteiger partial charge on any atom is 0.338 e. The Bertz CT molecular complexity index is 1030. The van der Waals surface area contributed by atoms with Crippen LogP contribution in [-0.2, 0) is 14.3 Å². The highest BCUT2D eigenvalue weighted by Crippen LogP contribution is 2.25. The normalized spacial score (nSPS) is 19.1. The van der Waals surface area contributed by atoms with Crippen LogP contribution >= 0.6 is 0 Å². The molecule has 0 aliphatic carbocycles. The number of carbonyl (C=O) groups excluding carboxylic acids is 4. The highest BCUT2D eigenvalue weighted by atomic mass is 16.5. The number of nitrogens with zero attached hydrogens (tertiary/aromatic N) is 2. The number of amides is 3. The zero-order valence-corrected chi connectivity index (χ0v) is 18.5. The molecule has 2 aromatic carbocycles. The first kappa shape index (κ1) is 22.7. The van der Waals surface area contributed by atoms with Gasteiger partial charge in [-0.15, -0.1) is 0 Å². The van der Waals surface area contributed by atoms with Gasteiger partial charge in [-0.2, -0.15) is 0 Å². The molecule has 4 rings (SSSR count). The number of ether oxygens (including phenoxy) is 1. The van der Waals surface area contributed by atoms with E-state index in [9.17, 15) is 19.2 Å². The monoisotopic (exact) mass is 449 g/mol. The number of anilines is 1. The molecule has 33 heavy (non-hydrogen) atoms. The summed E-state index contributed by atoms with van der Waals surface area (Å²) < 4.78 is 4.96. The van der Waals surface area contributed by atoms with Gasteiger partial charge >= 0.3 is 5.97 Å². The third-order valence-corrected chi connectivity index (χ3v) is 6.02. The maximum atomic E-state index is 13.0. The molecule has 0 saturated carbocycles. The average Bonchev–Trinajstić information content (AvgIpc) is 3.12. The average molecular weight is 450 g/mol. The van der Waals surface area contributed by atoms with Crippen molar-refractivity contribution < 1.29 is 23.9 Å². The van der Waals surface area contributed by atoms with E-state index in [-0.39, 0.29) is 36.8 Å². The van der Waals surface area contributed by atoms with Crippen molar-refractivity contribution in [3.8, 4) is 0 Å². The summed E-state index contributed by atoms with van der Waals surface area (Å²) in [6, 6.07) is 14.9. The van der Waals surface area contributed by atoms with Gasteiger partial charge in [-0.3, -0.25) is 14.4 Å². The van der Waals surface area contributed by atoms with Crippen LogP contribution in [0.1, 0.15) is 46.9 Å². The summed E-state index contributed by atoms with van der Waals surface area (Å²) >= 11 is 0. The van der Waals surface area contributed by atoms with Gasteiger partial charge in [0.25, 0.3) is 11.8 Å². The molecular formula is C25H27N3O5. The summed E-state index contributed by atoms with van der Waals surface area (Å²) in [7, 11) is 0. The van der Waals surface area contributed by atoms with Crippen molar-refractivity contribution in [1.82, 2.24) is 10.2 Å². The Morgan fingerprint density at radius 3 is 2.27 bits per heavy atom. The summed E-state index contributed by atoms with van der Waals surface area (Å²) in [6.45, 7) is 3.20. The second-order valence-corrected chi connectivity index (χ2v) is 8.19. The van der Waals surface area contributed by atoms with Crippen LogP contribution in [-0.4, -0.2) is 60.4 Å². The standard InChI is InChI=1S/C25H27N3O5/c1-2-33-25(32)18-8-10-20(11-9-18)28-22(29)16-21(24(28)31)26-19-12-14-27(15-13-19)23(30)17-6-4-3-5-7-17/h3-11,19,21,26H,2,12-16H2,1H3/t21-/m1/s1. The van der Waals surface area contributed by atoms with Gasteiger partial charge in [0.15, 0.2) is 0 Å². The van der Waals surface area contributed by atoms with Crippen LogP contribution in [0.4, 0.5) is 5.69 Å². The van der Waals surface area contributed by atoms with Gasteiger partial charge in [-0.05, 0) is 56.2 Å². The molecule has 2 aromatic rings. The van der Waals surface area contributed by atoms with E-state index in [1.165, 1.54) is 4.90 Å². The second-order valence-electron chi connectivity index (χ2n) is 8.19. The van der Waals surface area contributed by atoms with Crippen LogP contribution in [0, 0.1) is 0 Å². The van der Waals surface area contributed by atoms with Crippen molar-refractivity contribution in [2.24, 2.45) is 0 Å². The fourth-order valence-electron chi connectivity index (χ4n) is 4.29. The Labute approximate surface area is 192 Å². The Balaban J connectivity index is 1.33. The van der Waals surface area contributed by atoms with Crippen LogP contribution in [0.25, 0.3) is 0 Å². The molecule has 0 aromatic heterocycles. The molecule has 0 radical (unpaired) electrons. The van der Waals surface area contributed by atoms with Crippen molar-refractivity contribution in [1.29, 1.82) is 0 Å². The van der Waals surface area contributed by atoms with Crippen molar-refractivity contribution in [3.63, 3.8) is 0 Å². The number of hydrogen-bond donors (Lipinski definition) is 1. The lowest BCUT2D eigenvalue weighted by Crippen LogP contribution is -2.49. The van der Waals surface area contributed by atoms with E-state index in [0.717, 1.165) is 0 Å². The highest BCUT2D eigenvalue weighted by Gasteiger charge is 2.40. The lowest BCUT2D eigenvalue weighted by Gasteiger charge is -2.33. The van der Waals surface area contributed by atoms with Crippen LogP contribution in [0.3, 0.4) is 0 Å². The summed E-state index contributed by atoms with van der Waals surface area (Å²) in [5.41, 5.74) is 1.47. The SMILES string of the molecule is CCOC(=O)c1ccc(N2C(=O)C[C@@H](NC3CCN(C(=O)c4ccccc4)CC3)C2=O)cc1. The third-order valence-electron chi connectivity index (χ3n) is 6.02. The van der Waals surface area contributed by atoms with Crippen molar-refractivity contribution in [3.05, 3.63) is 65.7 Å². The molecule has 3 amide bonds. The first-order valence-corrected chi connectivity index (χ1v) is 11.2. The first-order valence-electron chi connectivity index (χ1n) is 11.2. The zero-order valence-electron chi connectivity index (χ0n) is 18.5. The number of benzene rings is 2. The molecule has 2 saturated heterocycles. The molecule has 172 valence electrons. The molecule has 1 atom stereocenters. The first-order chi connectivity index (χ1) is 16.0. The minimum Gasteiger partial charge on any atom is -0.462 e. The molecule has 2 heterocycles. The predicted molar refractivity (Wildman–Crippen MR) is 122 cm³/mol. The van der Waals surface area contributed by atoms with Gasteiger partial charge in [0.05, 0.1) is 30.3 Å². The number of piperidine rings is 1.